The highest BCUT2D eigenvalue weighted by atomic mass is 79.9. The third-order valence-electron chi connectivity index (χ3n) is 7.22. The number of aryl methyl sites for hydroxylation is 1. The number of likely N-dealkylation sites (tertiary alicyclic amines) is 2. The molecule has 0 spiro atoms. The average molecular weight is 562 g/mol. The Morgan fingerprint density at radius 3 is 2.49 bits per heavy atom. The van der Waals surface area contributed by atoms with Crippen molar-refractivity contribution < 1.29 is 14.3 Å². The number of hydrogen-bond acceptors (Lipinski definition) is 3. The van der Waals surface area contributed by atoms with Crippen molar-refractivity contribution in [2.75, 3.05) is 32.8 Å². The topological polar surface area (TPSA) is 49.9 Å². The summed E-state index contributed by atoms with van der Waals surface area (Å²) in [5, 5.41) is 0.703. The summed E-state index contributed by atoms with van der Waals surface area (Å²) in [5.74, 6) is 1.02. The number of benzene rings is 2. The molecule has 2 aliphatic rings. The lowest BCUT2D eigenvalue weighted by Gasteiger charge is -2.43. The maximum atomic E-state index is 13.3. The van der Waals surface area contributed by atoms with Crippen LogP contribution in [0.25, 0.3) is 0 Å². The van der Waals surface area contributed by atoms with Gasteiger partial charge in [-0.25, -0.2) is 0 Å². The summed E-state index contributed by atoms with van der Waals surface area (Å²) in [6.07, 6.45) is 5.78. The van der Waals surface area contributed by atoms with Crippen molar-refractivity contribution in [2.45, 2.75) is 51.9 Å². The lowest BCUT2D eigenvalue weighted by Crippen LogP contribution is -2.51. The van der Waals surface area contributed by atoms with E-state index in [2.05, 4.69) is 15.9 Å². The van der Waals surface area contributed by atoms with E-state index in [0.29, 0.717) is 37.6 Å². The lowest BCUT2D eigenvalue weighted by atomic mass is 9.77. The maximum Gasteiger partial charge on any atom is 0.227 e. The Bertz CT molecular complexity index is 1060. The van der Waals surface area contributed by atoms with Gasteiger partial charge in [-0.2, -0.15) is 0 Å². The second-order valence-electron chi connectivity index (χ2n) is 10.0. The first kappa shape index (κ1) is 26.0. The minimum absolute atomic E-state index is 0.0914. The molecule has 2 aromatic carbocycles. The Balaban J connectivity index is 1.51. The van der Waals surface area contributed by atoms with Crippen molar-refractivity contribution in [1.82, 2.24) is 9.80 Å². The summed E-state index contributed by atoms with van der Waals surface area (Å²) < 4.78 is 7.21. The summed E-state index contributed by atoms with van der Waals surface area (Å²) in [4.78, 5) is 30.6. The zero-order valence-corrected chi connectivity index (χ0v) is 22.7. The summed E-state index contributed by atoms with van der Waals surface area (Å²) in [5.41, 5.74) is 1.52. The van der Waals surface area contributed by atoms with Crippen LogP contribution in [-0.4, -0.2) is 54.4 Å². The number of nitrogens with zero attached hydrogens (tertiary/aromatic N) is 2. The predicted octanol–water partition coefficient (Wildman–Crippen LogP) is 6.04. The number of carbonyl (C=O) groups is 2. The maximum absolute atomic E-state index is 13.3. The van der Waals surface area contributed by atoms with Gasteiger partial charge in [0.2, 0.25) is 11.8 Å². The molecule has 2 saturated heterocycles. The van der Waals surface area contributed by atoms with E-state index in [4.69, 9.17) is 16.3 Å². The Morgan fingerprint density at radius 2 is 1.74 bits per heavy atom. The standard InChI is InChI=1S/C28H34BrClN2O3/c1-21-16-23(10-11-25(21)30)35-20-28(18-27(34)31-13-5-2-6-14-31)12-7-15-32(19-28)26(33)17-22-8-3-4-9-24(22)29/h3-4,8-11,16H,2,5-7,12-15,17-20H2,1H3/t28-/m0/s1. The summed E-state index contributed by atoms with van der Waals surface area (Å²) in [6.45, 7) is 5.25. The highest BCUT2D eigenvalue weighted by Gasteiger charge is 2.41. The first-order valence-corrected chi connectivity index (χ1v) is 13.7. The van der Waals surface area contributed by atoms with Crippen LogP contribution in [0.4, 0.5) is 0 Å². The molecule has 0 saturated carbocycles. The smallest absolute Gasteiger partial charge is 0.227 e. The van der Waals surface area contributed by atoms with E-state index in [1.54, 1.807) is 0 Å². The van der Waals surface area contributed by atoms with Gasteiger partial charge in [-0.3, -0.25) is 9.59 Å². The summed E-state index contributed by atoms with van der Waals surface area (Å²) in [7, 11) is 0. The van der Waals surface area contributed by atoms with Crippen LogP contribution in [0.5, 0.6) is 5.75 Å². The van der Waals surface area contributed by atoms with Crippen LogP contribution in [0.3, 0.4) is 0 Å². The fourth-order valence-electron chi connectivity index (χ4n) is 5.17. The first-order chi connectivity index (χ1) is 16.8. The fourth-order valence-corrected chi connectivity index (χ4v) is 5.71. The minimum Gasteiger partial charge on any atom is -0.493 e. The van der Waals surface area contributed by atoms with Gasteiger partial charge in [-0.15, -0.1) is 0 Å². The molecule has 2 fully saturated rings. The normalized spacial score (nSPS) is 20.5. The third kappa shape index (κ3) is 6.79. The van der Waals surface area contributed by atoms with Gasteiger partial charge in [0, 0.05) is 47.5 Å². The van der Waals surface area contributed by atoms with Crippen molar-refractivity contribution in [1.29, 1.82) is 0 Å². The number of hydrogen-bond donors (Lipinski definition) is 0. The highest BCUT2D eigenvalue weighted by molar-refractivity contribution is 9.10. The molecule has 35 heavy (non-hydrogen) atoms. The molecule has 0 aliphatic carbocycles. The molecule has 2 amide bonds. The van der Waals surface area contributed by atoms with E-state index in [-0.39, 0.29) is 11.8 Å². The van der Waals surface area contributed by atoms with Crippen molar-refractivity contribution >= 4 is 39.3 Å². The van der Waals surface area contributed by atoms with E-state index in [1.165, 1.54) is 6.42 Å². The van der Waals surface area contributed by atoms with Crippen LogP contribution in [0, 0.1) is 12.3 Å². The number of carbonyl (C=O) groups excluding carboxylic acids is 2. The van der Waals surface area contributed by atoms with Gasteiger partial charge in [-0.1, -0.05) is 45.7 Å². The number of halogens is 2. The van der Waals surface area contributed by atoms with Crippen LogP contribution in [-0.2, 0) is 16.0 Å². The summed E-state index contributed by atoms with van der Waals surface area (Å²) >= 11 is 9.75. The van der Waals surface area contributed by atoms with Crippen LogP contribution in [0.2, 0.25) is 5.02 Å². The van der Waals surface area contributed by atoms with Crippen molar-refractivity contribution in [3.05, 3.63) is 63.1 Å². The monoisotopic (exact) mass is 560 g/mol. The number of piperidine rings is 2. The molecule has 0 aromatic heterocycles. The van der Waals surface area contributed by atoms with Crippen LogP contribution in [0.15, 0.2) is 46.9 Å². The van der Waals surface area contributed by atoms with Gasteiger partial charge in [0.1, 0.15) is 5.75 Å². The Labute approximate surface area is 221 Å². The molecule has 7 heteroatoms. The molecule has 188 valence electrons. The van der Waals surface area contributed by atoms with Gasteiger partial charge in [0.25, 0.3) is 0 Å². The Kier molecular flexibility index (Phi) is 8.77. The molecule has 0 bridgehead atoms. The van der Waals surface area contributed by atoms with E-state index < -0.39 is 5.41 Å². The van der Waals surface area contributed by atoms with Crippen molar-refractivity contribution in [2.24, 2.45) is 5.41 Å². The van der Waals surface area contributed by atoms with E-state index in [9.17, 15) is 9.59 Å². The molecule has 4 rings (SSSR count). The van der Waals surface area contributed by atoms with Gasteiger partial charge >= 0.3 is 0 Å². The lowest BCUT2D eigenvalue weighted by molar-refractivity contribution is -0.141. The van der Waals surface area contributed by atoms with Gasteiger partial charge in [0.15, 0.2) is 0 Å². The van der Waals surface area contributed by atoms with E-state index in [0.717, 1.165) is 60.1 Å². The zero-order chi connectivity index (χ0) is 24.8. The number of amides is 2. The molecule has 2 heterocycles. The minimum atomic E-state index is -0.413. The molecule has 0 radical (unpaired) electrons. The largest absolute Gasteiger partial charge is 0.493 e. The van der Waals surface area contributed by atoms with E-state index >= 15 is 0 Å². The number of ether oxygens (including phenoxy) is 1. The Morgan fingerprint density at radius 1 is 1.00 bits per heavy atom. The highest BCUT2D eigenvalue weighted by Crippen LogP contribution is 2.36. The van der Waals surface area contributed by atoms with Crippen LogP contribution >= 0.6 is 27.5 Å². The SMILES string of the molecule is Cc1cc(OC[C@]2(CC(=O)N3CCCCC3)CCCN(C(=O)Cc3ccccc3Br)C2)ccc1Cl. The van der Waals surface area contributed by atoms with Crippen molar-refractivity contribution in [3.63, 3.8) is 0 Å². The van der Waals surface area contributed by atoms with Crippen LogP contribution < -0.4 is 4.74 Å². The quantitative estimate of drug-likeness (QED) is 0.414. The van der Waals surface area contributed by atoms with Gasteiger partial charge in [-0.05, 0) is 74.4 Å². The fraction of sp³-hybridized carbons (Fsp3) is 0.500. The van der Waals surface area contributed by atoms with Gasteiger partial charge < -0.3 is 14.5 Å². The molecular formula is C28H34BrClN2O3. The average Bonchev–Trinajstić information content (AvgIpc) is 2.87. The molecule has 2 aromatic rings. The molecule has 2 aliphatic heterocycles. The molecular weight excluding hydrogens is 528 g/mol. The van der Waals surface area contributed by atoms with E-state index in [1.807, 2.05) is 59.2 Å². The van der Waals surface area contributed by atoms with Gasteiger partial charge in [0.05, 0.1) is 13.0 Å². The Hall–Kier alpha value is -2.05. The molecule has 0 N–H and O–H groups in total. The number of rotatable bonds is 7. The predicted molar refractivity (Wildman–Crippen MR) is 143 cm³/mol. The molecule has 1 atom stereocenters. The second kappa shape index (κ2) is 11.8. The first-order valence-electron chi connectivity index (χ1n) is 12.5. The third-order valence-corrected chi connectivity index (χ3v) is 8.42. The van der Waals surface area contributed by atoms with Crippen LogP contribution in [0.1, 0.15) is 49.7 Å². The second-order valence-corrected chi connectivity index (χ2v) is 11.3. The zero-order valence-electron chi connectivity index (χ0n) is 20.4. The molecule has 0 unspecified atom stereocenters. The summed E-state index contributed by atoms with van der Waals surface area (Å²) in [6, 6.07) is 13.5. The molecule has 5 nitrogen and oxygen atoms in total. The van der Waals surface area contributed by atoms with Crippen molar-refractivity contribution in [3.8, 4) is 5.75 Å².